The van der Waals surface area contributed by atoms with Crippen LogP contribution in [-0.2, 0) is 26.0 Å². The molecular formula is C17H17N3O6S. The molecule has 1 aliphatic rings. The van der Waals surface area contributed by atoms with Gasteiger partial charge in [-0.15, -0.1) is 0 Å². The lowest BCUT2D eigenvalue weighted by Crippen LogP contribution is -2.31. The van der Waals surface area contributed by atoms with E-state index in [0.29, 0.717) is 18.7 Å². The molecule has 2 aromatic rings. The fraction of sp³-hybridized carbons (Fsp3) is 0.235. The minimum absolute atomic E-state index is 0.0199. The summed E-state index contributed by atoms with van der Waals surface area (Å²) in [6.07, 6.45) is 0.609. The van der Waals surface area contributed by atoms with Crippen LogP contribution >= 0.6 is 0 Å². The molecule has 0 aromatic heterocycles. The van der Waals surface area contributed by atoms with E-state index >= 15 is 0 Å². The quantitative estimate of drug-likeness (QED) is 0.594. The molecule has 0 spiro atoms. The van der Waals surface area contributed by atoms with E-state index in [9.17, 15) is 23.3 Å². The Morgan fingerprint density at radius 2 is 1.96 bits per heavy atom. The lowest BCUT2D eigenvalue weighted by atomic mass is 10.1. The number of benzene rings is 2. The molecule has 0 unspecified atom stereocenters. The molecule has 0 aliphatic carbocycles. The molecule has 1 amide bonds. The van der Waals surface area contributed by atoms with Gasteiger partial charge in [0.1, 0.15) is 6.61 Å². The van der Waals surface area contributed by atoms with Crippen molar-refractivity contribution in [3.8, 4) is 0 Å². The largest absolute Gasteiger partial charge is 0.375 e. The highest BCUT2D eigenvalue weighted by Crippen LogP contribution is 2.31. The van der Waals surface area contributed by atoms with Gasteiger partial charge in [0.05, 0.1) is 9.82 Å². The van der Waals surface area contributed by atoms with Gasteiger partial charge < -0.3 is 9.64 Å². The second-order valence-corrected chi connectivity index (χ2v) is 7.61. The Balaban J connectivity index is 1.80. The minimum Gasteiger partial charge on any atom is -0.375 e. The Morgan fingerprint density at radius 1 is 1.26 bits per heavy atom. The maximum absolute atomic E-state index is 12.5. The number of ether oxygens (including phenoxy) is 1. The van der Waals surface area contributed by atoms with E-state index in [1.807, 2.05) is 0 Å². The van der Waals surface area contributed by atoms with Gasteiger partial charge in [0.15, 0.2) is 0 Å². The summed E-state index contributed by atoms with van der Waals surface area (Å²) in [6.45, 7) is 0.490. The number of rotatable bonds is 6. The van der Waals surface area contributed by atoms with Crippen molar-refractivity contribution in [3.05, 3.63) is 58.1 Å². The molecule has 9 nitrogen and oxygen atoms in total. The number of anilines is 2. The summed E-state index contributed by atoms with van der Waals surface area (Å²) < 4.78 is 32.3. The van der Waals surface area contributed by atoms with Crippen molar-refractivity contribution in [2.24, 2.45) is 0 Å². The van der Waals surface area contributed by atoms with Crippen LogP contribution < -0.4 is 9.62 Å². The molecule has 27 heavy (non-hydrogen) atoms. The number of sulfonamides is 1. The standard InChI is InChI=1S/C17H17N3O6S/c1-26-11-17(21)19-9-8-12-10-13(2-7-16(12)19)18-27(24,25)15-5-3-14(4-6-15)20(22)23/h2-7,10,18H,8-9,11H2,1H3. The molecule has 0 bridgehead atoms. The summed E-state index contributed by atoms with van der Waals surface area (Å²) in [6, 6.07) is 9.56. The molecule has 10 heteroatoms. The Morgan fingerprint density at radius 3 is 2.59 bits per heavy atom. The SMILES string of the molecule is COCC(=O)N1CCc2cc(NS(=O)(=O)c3ccc([N+](=O)[O-])cc3)ccc21. The van der Waals surface area contributed by atoms with Crippen molar-refractivity contribution in [2.45, 2.75) is 11.3 Å². The molecular weight excluding hydrogens is 374 g/mol. The zero-order valence-corrected chi connectivity index (χ0v) is 15.2. The minimum atomic E-state index is -3.88. The highest BCUT2D eigenvalue weighted by molar-refractivity contribution is 7.92. The van der Waals surface area contributed by atoms with Gasteiger partial charge >= 0.3 is 0 Å². The number of nitro groups is 1. The third-order valence-electron chi connectivity index (χ3n) is 4.15. The molecule has 0 fully saturated rings. The van der Waals surface area contributed by atoms with E-state index in [1.54, 1.807) is 23.1 Å². The summed E-state index contributed by atoms with van der Waals surface area (Å²) in [5.74, 6) is -0.157. The van der Waals surface area contributed by atoms with Crippen LogP contribution in [0.1, 0.15) is 5.56 Å². The summed E-state index contributed by atoms with van der Waals surface area (Å²) in [4.78, 5) is 23.6. The molecule has 3 rings (SSSR count). The number of non-ortho nitro benzene ring substituents is 1. The third kappa shape index (κ3) is 3.91. The first-order valence-electron chi connectivity index (χ1n) is 8.01. The number of methoxy groups -OCH3 is 1. The van der Waals surface area contributed by atoms with Gasteiger partial charge in [-0.05, 0) is 42.3 Å². The average molecular weight is 391 g/mol. The van der Waals surface area contributed by atoms with E-state index < -0.39 is 14.9 Å². The predicted molar refractivity (Wildman–Crippen MR) is 98.3 cm³/mol. The Hall–Kier alpha value is -2.98. The fourth-order valence-corrected chi connectivity index (χ4v) is 3.94. The van der Waals surface area contributed by atoms with Gasteiger partial charge in [-0.2, -0.15) is 0 Å². The molecule has 1 aliphatic heterocycles. The van der Waals surface area contributed by atoms with Gasteiger partial charge in [-0.25, -0.2) is 8.42 Å². The van der Waals surface area contributed by atoms with Crippen LogP contribution in [0.5, 0.6) is 0 Å². The monoisotopic (exact) mass is 391 g/mol. The maximum Gasteiger partial charge on any atom is 0.269 e. The van der Waals surface area contributed by atoms with E-state index in [-0.39, 0.29) is 23.1 Å². The third-order valence-corrected chi connectivity index (χ3v) is 5.55. The van der Waals surface area contributed by atoms with Crippen LogP contribution in [0.2, 0.25) is 0 Å². The first kappa shape index (κ1) is 18.8. The number of carbonyl (C=O) groups is 1. The fourth-order valence-electron chi connectivity index (χ4n) is 2.89. The van der Waals surface area contributed by atoms with Gasteiger partial charge in [0.25, 0.3) is 21.6 Å². The second kappa shape index (κ2) is 7.33. The first-order chi connectivity index (χ1) is 12.8. The lowest BCUT2D eigenvalue weighted by molar-refractivity contribution is -0.384. The van der Waals surface area contributed by atoms with Crippen molar-refractivity contribution < 1.29 is 22.9 Å². The number of hydrogen-bond donors (Lipinski definition) is 1. The van der Waals surface area contributed by atoms with Gasteiger partial charge in [-0.3, -0.25) is 19.6 Å². The zero-order chi connectivity index (χ0) is 19.6. The molecule has 1 heterocycles. The topological polar surface area (TPSA) is 119 Å². The van der Waals surface area contributed by atoms with E-state index in [4.69, 9.17) is 4.74 Å². The first-order valence-corrected chi connectivity index (χ1v) is 9.49. The van der Waals surface area contributed by atoms with Crippen LogP contribution in [0.4, 0.5) is 17.1 Å². The van der Waals surface area contributed by atoms with Gasteiger partial charge in [-0.1, -0.05) is 0 Å². The van der Waals surface area contributed by atoms with Crippen LogP contribution in [0.15, 0.2) is 47.4 Å². The molecule has 0 atom stereocenters. The smallest absolute Gasteiger partial charge is 0.269 e. The Bertz CT molecular complexity index is 988. The predicted octanol–water partition coefficient (Wildman–Crippen LogP) is 1.93. The van der Waals surface area contributed by atoms with Crippen LogP contribution in [0.25, 0.3) is 0 Å². The van der Waals surface area contributed by atoms with Crippen LogP contribution in [0.3, 0.4) is 0 Å². The van der Waals surface area contributed by atoms with Crippen molar-refractivity contribution in [3.63, 3.8) is 0 Å². The second-order valence-electron chi connectivity index (χ2n) is 5.93. The highest BCUT2D eigenvalue weighted by Gasteiger charge is 2.25. The van der Waals surface area contributed by atoms with Crippen molar-refractivity contribution in [1.82, 2.24) is 0 Å². The van der Waals surface area contributed by atoms with Crippen LogP contribution in [-0.4, -0.2) is 39.5 Å². The Labute approximate surface area is 155 Å². The molecule has 1 N–H and O–H groups in total. The average Bonchev–Trinajstić information content (AvgIpc) is 3.05. The number of carbonyl (C=O) groups excluding carboxylic acids is 1. The van der Waals surface area contributed by atoms with Crippen molar-refractivity contribution in [2.75, 3.05) is 29.9 Å². The van der Waals surface area contributed by atoms with Crippen LogP contribution in [0, 0.1) is 10.1 Å². The molecule has 2 aromatic carbocycles. The van der Waals surface area contributed by atoms with E-state index in [1.165, 1.54) is 19.2 Å². The summed E-state index contributed by atoms with van der Waals surface area (Å²) in [5.41, 5.74) is 1.75. The normalized spacial score (nSPS) is 13.3. The highest BCUT2D eigenvalue weighted by atomic mass is 32.2. The van der Waals surface area contributed by atoms with Gasteiger partial charge in [0, 0.05) is 37.2 Å². The molecule has 0 saturated carbocycles. The summed E-state index contributed by atoms with van der Waals surface area (Å²) >= 11 is 0. The molecule has 0 saturated heterocycles. The number of nitrogens with one attached hydrogen (secondary N) is 1. The van der Waals surface area contributed by atoms with E-state index in [2.05, 4.69) is 4.72 Å². The summed E-state index contributed by atoms with van der Waals surface area (Å²) in [7, 11) is -2.44. The lowest BCUT2D eigenvalue weighted by Gasteiger charge is -2.17. The molecule has 0 radical (unpaired) electrons. The number of fused-ring (bicyclic) bond motifs is 1. The molecule has 142 valence electrons. The summed E-state index contributed by atoms with van der Waals surface area (Å²) in [5, 5.41) is 10.7. The number of amides is 1. The Kier molecular flexibility index (Phi) is 5.10. The zero-order valence-electron chi connectivity index (χ0n) is 14.4. The maximum atomic E-state index is 12.5. The number of nitro benzene ring substituents is 1. The van der Waals surface area contributed by atoms with Gasteiger partial charge in [0.2, 0.25) is 0 Å². The van der Waals surface area contributed by atoms with Crippen molar-refractivity contribution >= 4 is 33.0 Å². The number of nitrogens with zero attached hydrogens (tertiary/aromatic N) is 2. The number of hydrogen-bond acceptors (Lipinski definition) is 6. The van der Waals surface area contributed by atoms with Crippen molar-refractivity contribution in [1.29, 1.82) is 0 Å². The van der Waals surface area contributed by atoms with E-state index in [0.717, 1.165) is 23.4 Å².